The number of nitrogens with one attached hydrogen (secondary N) is 1. The second-order valence-corrected chi connectivity index (χ2v) is 7.13. The van der Waals surface area contributed by atoms with Gasteiger partial charge in [0, 0.05) is 10.0 Å². The smallest absolute Gasteiger partial charge is 0.272 e. The van der Waals surface area contributed by atoms with Crippen LogP contribution in [0.25, 0.3) is 11.3 Å². The molecule has 22 heavy (non-hydrogen) atoms. The molecular weight excluding hydrogens is 346 g/mol. The van der Waals surface area contributed by atoms with Gasteiger partial charge in [0.2, 0.25) is 0 Å². The van der Waals surface area contributed by atoms with Gasteiger partial charge in [-0.1, -0.05) is 28.1 Å². The van der Waals surface area contributed by atoms with E-state index in [9.17, 15) is 9.90 Å². The van der Waals surface area contributed by atoms with Crippen molar-refractivity contribution in [3.05, 3.63) is 40.5 Å². The van der Waals surface area contributed by atoms with Crippen LogP contribution in [0, 0.1) is 5.92 Å². The lowest BCUT2D eigenvalue weighted by Gasteiger charge is -2.46. The van der Waals surface area contributed by atoms with Crippen LogP contribution in [0.4, 0.5) is 0 Å². The molecule has 2 fully saturated rings. The number of aromatic nitrogens is 2. The maximum atomic E-state index is 12.4. The fourth-order valence-corrected chi connectivity index (χ4v) is 3.27. The summed E-state index contributed by atoms with van der Waals surface area (Å²) in [6.07, 6.45) is 2.16. The van der Waals surface area contributed by atoms with Gasteiger partial charge in [0.15, 0.2) is 0 Å². The molecule has 2 heterocycles. The molecule has 1 aliphatic heterocycles. The van der Waals surface area contributed by atoms with E-state index in [0.29, 0.717) is 24.7 Å². The molecule has 1 saturated carbocycles. The van der Waals surface area contributed by atoms with E-state index in [-0.39, 0.29) is 5.91 Å². The van der Waals surface area contributed by atoms with Gasteiger partial charge in [-0.2, -0.15) is 5.10 Å². The number of nitrogens with zero attached hydrogens (tertiary/aromatic N) is 2. The molecule has 114 valence electrons. The van der Waals surface area contributed by atoms with Gasteiger partial charge >= 0.3 is 0 Å². The zero-order valence-corrected chi connectivity index (χ0v) is 13.5. The molecule has 1 amide bonds. The van der Waals surface area contributed by atoms with Gasteiger partial charge in [0.25, 0.3) is 5.91 Å². The lowest BCUT2D eigenvalue weighted by molar-refractivity contribution is -0.0959. The summed E-state index contributed by atoms with van der Waals surface area (Å²) in [6, 6.07) is 9.54. The Morgan fingerprint density at radius 3 is 2.64 bits per heavy atom. The van der Waals surface area contributed by atoms with Gasteiger partial charge < -0.3 is 10.0 Å². The van der Waals surface area contributed by atoms with Gasteiger partial charge in [-0.05, 0) is 37.0 Å². The Morgan fingerprint density at radius 1 is 1.32 bits per heavy atom. The number of hydrogen-bond acceptors (Lipinski definition) is 3. The number of benzene rings is 1. The van der Waals surface area contributed by atoms with Crippen molar-refractivity contribution in [2.24, 2.45) is 5.92 Å². The Balaban J connectivity index is 1.47. The first-order valence-corrected chi connectivity index (χ1v) is 8.17. The number of carbonyl (C=O) groups excluding carboxylic acids is 1. The summed E-state index contributed by atoms with van der Waals surface area (Å²) in [5.41, 5.74) is 1.52. The maximum Gasteiger partial charge on any atom is 0.272 e. The summed E-state index contributed by atoms with van der Waals surface area (Å²) >= 11 is 3.40. The Kier molecular flexibility index (Phi) is 3.13. The standard InChI is InChI=1S/C16H16BrN3O2/c17-12-5-1-10(2-6-12)13-7-14(19-18-13)15(21)20-8-16(22,9-20)11-3-4-11/h1-2,5-7,11,22H,3-4,8-9H2,(H,18,19). The molecule has 0 unspecified atom stereocenters. The number of aliphatic hydroxyl groups is 1. The van der Waals surface area contributed by atoms with Crippen molar-refractivity contribution in [1.29, 1.82) is 0 Å². The second kappa shape index (κ2) is 4.93. The van der Waals surface area contributed by atoms with E-state index in [2.05, 4.69) is 26.1 Å². The number of amides is 1. The normalized spacial score (nSPS) is 19.8. The molecule has 0 bridgehead atoms. The highest BCUT2D eigenvalue weighted by Gasteiger charge is 2.53. The van der Waals surface area contributed by atoms with Crippen LogP contribution in [-0.2, 0) is 0 Å². The highest BCUT2D eigenvalue weighted by atomic mass is 79.9. The van der Waals surface area contributed by atoms with E-state index in [0.717, 1.165) is 28.6 Å². The van der Waals surface area contributed by atoms with E-state index >= 15 is 0 Å². The quantitative estimate of drug-likeness (QED) is 0.881. The Hall–Kier alpha value is -1.66. The van der Waals surface area contributed by atoms with Crippen molar-refractivity contribution in [3.63, 3.8) is 0 Å². The van der Waals surface area contributed by atoms with Crippen LogP contribution in [0.3, 0.4) is 0 Å². The molecule has 0 atom stereocenters. The van der Waals surface area contributed by atoms with Crippen LogP contribution in [0.15, 0.2) is 34.8 Å². The fraction of sp³-hybridized carbons (Fsp3) is 0.375. The topological polar surface area (TPSA) is 69.2 Å². The third kappa shape index (κ3) is 2.36. The molecule has 1 aromatic heterocycles. The van der Waals surface area contributed by atoms with Crippen LogP contribution in [0.1, 0.15) is 23.3 Å². The number of H-pyrrole nitrogens is 1. The predicted octanol–water partition coefficient (Wildman–Crippen LogP) is 2.44. The Morgan fingerprint density at radius 2 is 2.00 bits per heavy atom. The minimum absolute atomic E-state index is 0.0961. The molecule has 1 saturated heterocycles. The predicted molar refractivity (Wildman–Crippen MR) is 85.3 cm³/mol. The molecule has 4 rings (SSSR count). The summed E-state index contributed by atoms with van der Waals surface area (Å²) in [7, 11) is 0. The summed E-state index contributed by atoms with van der Waals surface area (Å²) in [5.74, 6) is 0.290. The monoisotopic (exact) mass is 361 g/mol. The van der Waals surface area contributed by atoms with Crippen molar-refractivity contribution in [1.82, 2.24) is 15.1 Å². The van der Waals surface area contributed by atoms with Gasteiger partial charge in [0.05, 0.1) is 18.8 Å². The van der Waals surface area contributed by atoms with Crippen LogP contribution in [-0.4, -0.2) is 44.8 Å². The number of β-amino-alcohol motifs (C(OH)–C–C–N with tert-alkyl or cyclic N) is 1. The average molecular weight is 362 g/mol. The molecule has 1 aliphatic carbocycles. The number of rotatable bonds is 3. The first-order valence-electron chi connectivity index (χ1n) is 7.38. The zero-order chi connectivity index (χ0) is 15.3. The molecule has 0 radical (unpaired) electrons. The SMILES string of the molecule is O=C(c1cc(-c2ccc(Br)cc2)n[nH]1)N1CC(O)(C2CC2)C1. The molecule has 0 spiro atoms. The first-order chi connectivity index (χ1) is 10.5. The molecule has 1 aromatic carbocycles. The van der Waals surface area contributed by atoms with Crippen LogP contribution < -0.4 is 0 Å². The third-order valence-electron chi connectivity index (χ3n) is 4.50. The lowest BCUT2D eigenvalue weighted by atomic mass is 9.88. The zero-order valence-electron chi connectivity index (χ0n) is 11.9. The molecular formula is C16H16BrN3O2. The van der Waals surface area contributed by atoms with E-state index < -0.39 is 5.60 Å². The second-order valence-electron chi connectivity index (χ2n) is 6.21. The molecule has 6 heteroatoms. The Bertz CT molecular complexity index is 715. The lowest BCUT2D eigenvalue weighted by Crippen LogP contribution is -2.64. The van der Waals surface area contributed by atoms with E-state index in [1.807, 2.05) is 24.3 Å². The molecule has 2 N–H and O–H groups in total. The average Bonchev–Trinajstić information content (AvgIpc) is 3.22. The van der Waals surface area contributed by atoms with Gasteiger partial charge in [0.1, 0.15) is 11.3 Å². The van der Waals surface area contributed by atoms with E-state index in [4.69, 9.17) is 0 Å². The number of carbonyl (C=O) groups is 1. The van der Waals surface area contributed by atoms with Crippen molar-refractivity contribution >= 4 is 21.8 Å². The minimum Gasteiger partial charge on any atom is -0.386 e. The highest BCUT2D eigenvalue weighted by molar-refractivity contribution is 9.10. The van der Waals surface area contributed by atoms with Crippen molar-refractivity contribution in [2.75, 3.05) is 13.1 Å². The van der Waals surface area contributed by atoms with E-state index in [1.54, 1.807) is 11.0 Å². The fourth-order valence-electron chi connectivity index (χ4n) is 3.01. The first kappa shape index (κ1) is 14.0. The minimum atomic E-state index is -0.649. The molecule has 2 aromatic rings. The van der Waals surface area contributed by atoms with Crippen LogP contribution in [0.2, 0.25) is 0 Å². The highest BCUT2D eigenvalue weighted by Crippen LogP contribution is 2.44. The number of hydrogen-bond donors (Lipinski definition) is 2. The van der Waals surface area contributed by atoms with Crippen LogP contribution in [0.5, 0.6) is 0 Å². The van der Waals surface area contributed by atoms with Crippen molar-refractivity contribution < 1.29 is 9.90 Å². The van der Waals surface area contributed by atoms with Crippen molar-refractivity contribution in [2.45, 2.75) is 18.4 Å². The Labute approximate surface area is 136 Å². The maximum absolute atomic E-state index is 12.4. The van der Waals surface area contributed by atoms with Crippen LogP contribution >= 0.6 is 15.9 Å². The molecule has 5 nitrogen and oxygen atoms in total. The van der Waals surface area contributed by atoms with Crippen molar-refractivity contribution in [3.8, 4) is 11.3 Å². The number of aromatic amines is 1. The summed E-state index contributed by atoms with van der Waals surface area (Å²) in [6.45, 7) is 0.867. The van der Waals surface area contributed by atoms with Gasteiger partial charge in [-0.25, -0.2) is 0 Å². The van der Waals surface area contributed by atoms with Gasteiger partial charge in [-0.3, -0.25) is 9.89 Å². The summed E-state index contributed by atoms with van der Waals surface area (Å²) in [5, 5.41) is 17.3. The summed E-state index contributed by atoms with van der Waals surface area (Å²) in [4.78, 5) is 14.1. The molecule has 2 aliphatic rings. The largest absolute Gasteiger partial charge is 0.386 e. The number of halogens is 1. The third-order valence-corrected chi connectivity index (χ3v) is 5.03. The van der Waals surface area contributed by atoms with E-state index in [1.165, 1.54) is 0 Å². The number of likely N-dealkylation sites (tertiary alicyclic amines) is 1. The summed E-state index contributed by atoms with van der Waals surface area (Å²) < 4.78 is 1.00. The van der Waals surface area contributed by atoms with Gasteiger partial charge in [-0.15, -0.1) is 0 Å².